The number of ether oxygens (including phenoxy) is 2. The van der Waals surface area contributed by atoms with Crippen molar-refractivity contribution in [3.63, 3.8) is 0 Å². The summed E-state index contributed by atoms with van der Waals surface area (Å²) in [5.74, 6) is 1.19. The second kappa shape index (κ2) is 8.11. The number of hydrogen-bond donors (Lipinski definition) is 1. The summed E-state index contributed by atoms with van der Waals surface area (Å²) in [4.78, 5) is 30.3. The van der Waals surface area contributed by atoms with E-state index in [1.165, 1.54) is 4.90 Å². The zero-order valence-corrected chi connectivity index (χ0v) is 16.7. The molecule has 0 spiro atoms. The fourth-order valence-electron chi connectivity index (χ4n) is 3.78. The lowest BCUT2D eigenvalue weighted by Gasteiger charge is -2.30. The Morgan fingerprint density at radius 1 is 1.24 bits per heavy atom. The van der Waals surface area contributed by atoms with Crippen LogP contribution in [-0.2, 0) is 4.79 Å². The van der Waals surface area contributed by atoms with Crippen LogP contribution in [0.4, 0.5) is 5.69 Å². The Bertz CT molecular complexity index is 922. The first-order valence-corrected chi connectivity index (χ1v) is 9.94. The molecule has 0 saturated heterocycles. The van der Waals surface area contributed by atoms with Gasteiger partial charge in [-0.25, -0.2) is 0 Å². The van der Waals surface area contributed by atoms with Gasteiger partial charge in [-0.3, -0.25) is 14.6 Å². The van der Waals surface area contributed by atoms with Gasteiger partial charge in [0.1, 0.15) is 11.5 Å². The number of likely N-dealkylation sites (N-methyl/N-ethyl adjacent to an activating group) is 1. The largest absolute Gasteiger partial charge is 0.489 e. The van der Waals surface area contributed by atoms with Crippen molar-refractivity contribution in [3.8, 4) is 11.5 Å². The minimum absolute atomic E-state index is 0.0267. The fraction of sp³-hybridized carbons (Fsp3) is 0.409. The number of amides is 2. The van der Waals surface area contributed by atoms with E-state index in [4.69, 9.17) is 9.47 Å². The molecule has 29 heavy (non-hydrogen) atoms. The summed E-state index contributed by atoms with van der Waals surface area (Å²) in [5.41, 5.74) is 2.04. The van der Waals surface area contributed by atoms with E-state index in [1.807, 2.05) is 19.1 Å². The summed E-state index contributed by atoms with van der Waals surface area (Å²) in [6, 6.07) is 9.12. The number of rotatable bonds is 4. The van der Waals surface area contributed by atoms with Gasteiger partial charge in [-0.1, -0.05) is 0 Å². The summed E-state index contributed by atoms with van der Waals surface area (Å²) in [5, 5.41) is 3.11. The van der Waals surface area contributed by atoms with Crippen LogP contribution in [0.15, 0.2) is 36.5 Å². The SMILES string of the molecule is Cc1ncccc1OC1CCC(NC(=O)c2ccc3c(c2)N(C)C(=O)CO3)CC1. The van der Waals surface area contributed by atoms with Crippen molar-refractivity contribution in [3.05, 3.63) is 47.8 Å². The molecule has 2 amide bonds. The fourth-order valence-corrected chi connectivity index (χ4v) is 3.78. The zero-order valence-electron chi connectivity index (χ0n) is 16.7. The molecule has 1 saturated carbocycles. The van der Waals surface area contributed by atoms with Crippen LogP contribution in [0.25, 0.3) is 0 Å². The van der Waals surface area contributed by atoms with Crippen LogP contribution in [0.5, 0.6) is 11.5 Å². The van der Waals surface area contributed by atoms with Gasteiger partial charge in [0.15, 0.2) is 6.61 Å². The van der Waals surface area contributed by atoms with Gasteiger partial charge in [0.25, 0.3) is 11.8 Å². The van der Waals surface area contributed by atoms with Crippen LogP contribution >= 0.6 is 0 Å². The van der Waals surface area contributed by atoms with E-state index in [1.54, 1.807) is 31.4 Å². The first kappa shape index (κ1) is 19.2. The number of aryl methyl sites for hydroxylation is 1. The molecule has 1 fully saturated rings. The quantitative estimate of drug-likeness (QED) is 0.861. The summed E-state index contributed by atoms with van der Waals surface area (Å²) in [6.45, 7) is 1.97. The second-order valence-electron chi connectivity index (χ2n) is 7.58. The van der Waals surface area contributed by atoms with Gasteiger partial charge in [-0.2, -0.15) is 0 Å². The van der Waals surface area contributed by atoms with Crippen molar-refractivity contribution in [1.29, 1.82) is 0 Å². The maximum Gasteiger partial charge on any atom is 0.264 e. The van der Waals surface area contributed by atoms with E-state index in [0.29, 0.717) is 17.0 Å². The number of hydrogen-bond acceptors (Lipinski definition) is 5. The van der Waals surface area contributed by atoms with Crippen LogP contribution < -0.4 is 19.7 Å². The molecule has 2 heterocycles. The predicted molar refractivity (Wildman–Crippen MR) is 108 cm³/mol. The zero-order chi connectivity index (χ0) is 20.4. The third-order valence-corrected chi connectivity index (χ3v) is 5.57. The topological polar surface area (TPSA) is 80.8 Å². The highest BCUT2D eigenvalue weighted by atomic mass is 16.5. The number of anilines is 1. The maximum absolute atomic E-state index is 12.7. The number of nitrogens with zero attached hydrogens (tertiary/aromatic N) is 2. The average Bonchev–Trinajstić information content (AvgIpc) is 2.73. The number of fused-ring (bicyclic) bond motifs is 1. The average molecular weight is 395 g/mol. The Morgan fingerprint density at radius 2 is 2.03 bits per heavy atom. The number of aromatic nitrogens is 1. The Labute approximate surface area is 170 Å². The Balaban J connectivity index is 1.33. The molecule has 1 aromatic heterocycles. The molecule has 0 atom stereocenters. The van der Waals surface area contributed by atoms with Gasteiger partial charge < -0.3 is 19.7 Å². The molecule has 152 valence electrons. The van der Waals surface area contributed by atoms with Crippen molar-refractivity contribution in [2.45, 2.75) is 44.8 Å². The van der Waals surface area contributed by atoms with Crippen LogP contribution in [0, 0.1) is 6.92 Å². The van der Waals surface area contributed by atoms with E-state index >= 15 is 0 Å². The predicted octanol–water partition coefficient (Wildman–Crippen LogP) is 2.87. The Morgan fingerprint density at radius 3 is 2.79 bits per heavy atom. The summed E-state index contributed by atoms with van der Waals surface area (Å²) >= 11 is 0. The molecule has 1 aromatic carbocycles. The molecular weight excluding hydrogens is 370 g/mol. The van der Waals surface area contributed by atoms with Gasteiger partial charge in [0.05, 0.1) is 17.5 Å². The smallest absolute Gasteiger partial charge is 0.264 e. The molecule has 0 unspecified atom stereocenters. The highest BCUT2D eigenvalue weighted by Crippen LogP contribution is 2.32. The number of carbonyl (C=O) groups is 2. The van der Waals surface area contributed by atoms with Gasteiger partial charge in [0, 0.05) is 24.8 Å². The summed E-state index contributed by atoms with van der Waals surface area (Å²) in [6.07, 6.45) is 5.40. The number of carbonyl (C=O) groups excluding carboxylic acids is 2. The lowest BCUT2D eigenvalue weighted by atomic mass is 9.92. The lowest BCUT2D eigenvalue weighted by molar-refractivity contribution is -0.120. The second-order valence-corrected chi connectivity index (χ2v) is 7.58. The van der Waals surface area contributed by atoms with Gasteiger partial charge >= 0.3 is 0 Å². The van der Waals surface area contributed by atoms with Gasteiger partial charge in [-0.05, 0) is 62.9 Å². The molecule has 0 radical (unpaired) electrons. The standard InChI is InChI=1S/C22H25N3O4/c1-14-19(4-3-11-23-14)29-17-8-6-16(7-9-17)24-22(27)15-5-10-20-18(12-15)25(2)21(26)13-28-20/h3-5,10-12,16-17H,6-9,13H2,1-2H3,(H,24,27). The monoisotopic (exact) mass is 395 g/mol. The molecule has 1 aliphatic carbocycles. The van der Waals surface area contributed by atoms with Crippen molar-refractivity contribution < 1.29 is 19.1 Å². The van der Waals surface area contributed by atoms with Crippen molar-refractivity contribution in [1.82, 2.24) is 10.3 Å². The first-order chi connectivity index (χ1) is 14.0. The molecule has 1 aliphatic heterocycles. The number of benzene rings is 1. The van der Waals surface area contributed by atoms with Crippen molar-refractivity contribution >= 4 is 17.5 Å². The minimum atomic E-state index is -0.133. The third-order valence-electron chi connectivity index (χ3n) is 5.57. The maximum atomic E-state index is 12.7. The first-order valence-electron chi connectivity index (χ1n) is 9.94. The van der Waals surface area contributed by atoms with Gasteiger partial charge in [-0.15, -0.1) is 0 Å². The highest BCUT2D eigenvalue weighted by molar-refractivity contribution is 6.01. The van der Waals surface area contributed by atoms with Crippen LogP contribution in [0.3, 0.4) is 0 Å². The minimum Gasteiger partial charge on any atom is -0.489 e. The van der Waals surface area contributed by atoms with Crippen LogP contribution in [0.2, 0.25) is 0 Å². The van der Waals surface area contributed by atoms with Gasteiger partial charge in [0.2, 0.25) is 0 Å². The van der Waals surface area contributed by atoms with Crippen molar-refractivity contribution in [2.75, 3.05) is 18.6 Å². The third kappa shape index (κ3) is 4.18. The Hall–Kier alpha value is -3.09. The molecule has 1 N–H and O–H groups in total. The molecule has 7 nitrogen and oxygen atoms in total. The van der Waals surface area contributed by atoms with E-state index in [9.17, 15) is 9.59 Å². The number of nitrogens with one attached hydrogen (secondary N) is 1. The normalized spacial score (nSPS) is 21.2. The summed E-state index contributed by atoms with van der Waals surface area (Å²) in [7, 11) is 1.69. The van der Waals surface area contributed by atoms with Crippen LogP contribution in [-0.4, -0.2) is 42.6 Å². The summed E-state index contributed by atoms with van der Waals surface area (Å²) < 4.78 is 11.5. The van der Waals surface area contributed by atoms with E-state index in [2.05, 4.69) is 10.3 Å². The number of pyridine rings is 1. The molecule has 4 rings (SSSR count). The molecule has 2 aromatic rings. The Kier molecular flexibility index (Phi) is 5.38. The van der Waals surface area contributed by atoms with E-state index < -0.39 is 0 Å². The van der Waals surface area contributed by atoms with E-state index in [-0.39, 0.29) is 30.6 Å². The van der Waals surface area contributed by atoms with Crippen LogP contribution in [0.1, 0.15) is 41.7 Å². The molecule has 7 heteroatoms. The van der Waals surface area contributed by atoms with E-state index in [0.717, 1.165) is 37.1 Å². The lowest BCUT2D eigenvalue weighted by Crippen LogP contribution is -2.40. The van der Waals surface area contributed by atoms with Crippen molar-refractivity contribution in [2.24, 2.45) is 0 Å². The molecule has 0 bridgehead atoms. The molecule has 2 aliphatic rings. The highest BCUT2D eigenvalue weighted by Gasteiger charge is 2.26. The molecular formula is C22H25N3O4.